The van der Waals surface area contributed by atoms with E-state index in [1.54, 1.807) is 0 Å². The van der Waals surface area contributed by atoms with Gasteiger partial charge in [0.25, 0.3) is 0 Å². The summed E-state index contributed by atoms with van der Waals surface area (Å²) in [4.78, 5) is 0. The Morgan fingerprint density at radius 3 is 2.82 bits per heavy atom. The first-order valence-electron chi connectivity index (χ1n) is 4.58. The van der Waals surface area contributed by atoms with Crippen molar-refractivity contribution in [3.05, 3.63) is 0 Å². The maximum absolute atomic E-state index is 12.6. The monoisotopic (exact) mass is 160 g/mol. The first-order valence-corrected chi connectivity index (χ1v) is 4.58. The van der Waals surface area contributed by atoms with E-state index in [1.165, 1.54) is 19.3 Å². The van der Waals surface area contributed by atoms with Crippen LogP contribution in [0.2, 0.25) is 0 Å². The third kappa shape index (κ3) is 3.19. The molecule has 2 heteroatoms. The summed E-state index contributed by atoms with van der Waals surface area (Å²) in [6, 6.07) is 0. The number of unbranched alkanes of at least 4 members (excludes halogenated alkanes) is 2. The molecule has 0 aromatic heterocycles. The van der Waals surface area contributed by atoms with E-state index in [4.69, 9.17) is 4.74 Å². The van der Waals surface area contributed by atoms with Crippen molar-refractivity contribution in [1.29, 1.82) is 0 Å². The van der Waals surface area contributed by atoms with Crippen molar-refractivity contribution in [2.75, 3.05) is 6.61 Å². The zero-order valence-corrected chi connectivity index (χ0v) is 7.18. The van der Waals surface area contributed by atoms with E-state index in [1.807, 2.05) is 0 Å². The average molecular weight is 160 g/mol. The number of hydrogen-bond donors (Lipinski definition) is 0. The van der Waals surface area contributed by atoms with Crippen LogP contribution in [0.4, 0.5) is 4.39 Å². The van der Waals surface area contributed by atoms with Crippen LogP contribution in [0, 0.1) is 0 Å². The third-order valence-corrected chi connectivity index (χ3v) is 2.16. The molecule has 0 unspecified atom stereocenters. The smallest absolute Gasteiger partial charge is 0.126 e. The van der Waals surface area contributed by atoms with E-state index in [-0.39, 0.29) is 6.10 Å². The van der Waals surface area contributed by atoms with Crippen molar-refractivity contribution < 1.29 is 9.13 Å². The molecule has 1 heterocycles. The third-order valence-electron chi connectivity index (χ3n) is 2.16. The SMILES string of the molecule is CCCCC[C@@H]1C[C@H](F)CO1. The van der Waals surface area contributed by atoms with Crippen molar-refractivity contribution in [3.63, 3.8) is 0 Å². The van der Waals surface area contributed by atoms with Crippen LogP contribution in [0.1, 0.15) is 39.0 Å². The molecule has 0 radical (unpaired) electrons. The minimum atomic E-state index is -0.693. The molecule has 2 atom stereocenters. The first kappa shape index (κ1) is 8.98. The van der Waals surface area contributed by atoms with Crippen LogP contribution in [0.15, 0.2) is 0 Å². The molecule has 1 rings (SSSR count). The summed E-state index contributed by atoms with van der Waals surface area (Å²) in [6.45, 7) is 2.50. The first-order chi connectivity index (χ1) is 5.33. The van der Waals surface area contributed by atoms with Crippen molar-refractivity contribution in [2.24, 2.45) is 0 Å². The summed E-state index contributed by atoms with van der Waals surface area (Å²) < 4.78 is 17.8. The molecule has 0 aromatic rings. The van der Waals surface area contributed by atoms with E-state index in [2.05, 4.69) is 6.92 Å². The van der Waals surface area contributed by atoms with Crippen LogP contribution < -0.4 is 0 Å². The molecule has 1 aliphatic heterocycles. The second-order valence-electron chi connectivity index (χ2n) is 3.28. The van der Waals surface area contributed by atoms with Gasteiger partial charge in [0, 0.05) is 6.42 Å². The van der Waals surface area contributed by atoms with Gasteiger partial charge in [-0.3, -0.25) is 0 Å². The Hall–Kier alpha value is -0.110. The summed E-state index contributed by atoms with van der Waals surface area (Å²) in [5, 5.41) is 0. The fourth-order valence-corrected chi connectivity index (χ4v) is 1.49. The van der Waals surface area contributed by atoms with E-state index in [0.717, 1.165) is 6.42 Å². The van der Waals surface area contributed by atoms with Gasteiger partial charge < -0.3 is 4.74 Å². The lowest BCUT2D eigenvalue weighted by molar-refractivity contribution is 0.0951. The highest BCUT2D eigenvalue weighted by atomic mass is 19.1. The summed E-state index contributed by atoms with van der Waals surface area (Å²) in [7, 11) is 0. The molecule has 1 fully saturated rings. The van der Waals surface area contributed by atoms with Gasteiger partial charge in [-0.25, -0.2) is 4.39 Å². The minimum absolute atomic E-state index is 0.219. The summed E-state index contributed by atoms with van der Waals surface area (Å²) in [6.07, 6.45) is 4.87. The molecule has 0 N–H and O–H groups in total. The van der Waals surface area contributed by atoms with Gasteiger partial charge in [0.1, 0.15) is 6.17 Å². The molecule has 0 aromatic carbocycles. The van der Waals surface area contributed by atoms with Crippen LogP contribution in [0.5, 0.6) is 0 Å². The Morgan fingerprint density at radius 1 is 1.45 bits per heavy atom. The number of ether oxygens (including phenoxy) is 1. The number of halogens is 1. The van der Waals surface area contributed by atoms with Crippen molar-refractivity contribution in [2.45, 2.75) is 51.3 Å². The van der Waals surface area contributed by atoms with Crippen LogP contribution in [-0.4, -0.2) is 18.9 Å². The Balaban J connectivity index is 1.99. The molecule has 0 spiro atoms. The van der Waals surface area contributed by atoms with Crippen molar-refractivity contribution in [3.8, 4) is 0 Å². The Morgan fingerprint density at radius 2 is 2.27 bits per heavy atom. The lowest BCUT2D eigenvalue weighted by Crippen LogP contribution is -2.04. The highest BCUT2D eigenvalue weighted by Gasteiger charge is 2.23. The van der Waals surface area contributed by atoms with E-state index < -0.39 is 6.17 Å². The van der Waals surface area contributed by atoms with Crippen molar-refractivity contribution >= 4 is 0 Å². The van der Waals surface area contributed by atoms with Crippen LogP contribution in [-0.2, 0) is 4.74 Å². The largest absolute Gasteiger partial charge is 0.375 e. The van der Waals surface area contributed by atoms with Gasteiger partial charge in [0.05, 0.1) is 12.7 Å². The lowest BCUT2D eigenvalue weighted by atomic mass is 10.1. The quantitative estimate of drug-likeness (QED) is 0.574. The number of alkyl halides is 1. The average Bonchev–Trinajstić information content (AvgIpc) is 2.37. The molecule has 0 amide bonds. The van der Waals surface area contributed by atoms with Gasteiger partial charge in [-0.1, -0.05) is 26.2 Å². The van der Waals surface area contributed by atoms with Gasteiger partial charge in [-0.15, -0.1) is 0 Å². The fourth-order valence-electron chi connectivity index (χ4n) is 1.49. The maximum Gasteiger partial charge on any atom is 0.126 e. The maximum atomic E-state index is 12.6. The molecule has 1 nitrogen and oxygen atoms in total. The summed E-state index contributed by atoms with van der Waals surface area (Å²) >= 11 is 0. The second-order valence-corrected chi connectivity index (χ2v) is 3.28. The van der Waals surface area contributed by atoms with Gasteiger partial charge >= 0.3 is 0 Å². The molecule has 1 saturated heterocycles. The van der Waals surface area contributed by atoms with Crippen molar-refractivity contribution in [1.82, 2.24) is 0 Å². The predicted molar refractivity (Wildman–Crippen MR) is 43.4 cm³/mol. The topological polar surface area (TPSA) is 9.23 Å². The normalized spacial score (nSPS) is 31.1. The fraction of sp³-hybridized carbons (Fsp3) is 1.00. The van der Waals surface area contributed by atoms with E-state index >= 15 is 0 Å². The molecular formula is C9H17FO. The second kappa shape index (κ2) is 4.70. The molecule has 0 saturated carbocycles. The van der Waals surface area contributed by atoms with Crippen LogP contribution >= 0.6 is 0 Å². The minimum Gasteiger partial charge on any atom is -0.375 e. The number of hydrogen-bond acceptors (Lipinski definition) is 1. The molecule has 66 valence electrons. The van der Waals surface area contributed by atoms with E-state index in [9.17, 15) is 4.39 Å². The number of rotatable bonds is 4. The highest BCUT2D eigenvalue weighted by molar-refractivity contribution is 4.72. The molecule has 1 aliphatic rings. The van der Waals surface area contributed by atoms with Gasteiger partial charge in [-0.2, -0.15) is 0 Å². The molecular weight excluding hydrogens is 143 g/mol. The Kier molecular flexibility index (Phi) is 3.84. The van der Waals surface area contributed by atoms with Crippen LogP contribution in [0.25, 0.3) is 0 Å². The standard InChI is InChI=1S/C9H17FO/c1-2-3-4-5-9-6-8(10)7-11-9/h8-9H,2-7H2,1H3/t8-,9+/m0/s1. The molecule has 0 bridgehead atoms. The van der Waals surface area contributed by atoms with Gasteiger partial charge in [0.15, 0.2) is 0 Å². The predicted octanol–water partition coefficient (Wildman–Crippen LogP) is 2.69. The lowest BCUT2D eigenvalue weighted by Gasteiger charge is -2.06. The zero-order valence-electron chi connectivity index (χ0n) is 7.18. The highest BCUT2D eigenvalue weighted by Crippen LogP contribution is 2.20. The summed E-state index contributed by atoms with van der Waals surface area (Å²) in [5.41, 5.74) is 0. The van der Waals surface area contributed by atoms with Crippen LogP contribution in [0.3, 0.4) is 0 Å². The van der Waals surface area contributed by atoms with Gasteiger partial charge in [0.2, 0.25) is 0 Å². The van der Waals surface area contributed by atoms with E-state index in [0.29, 0.717) is 13.0 Å². The van der Waals surface area contributed by atoms with Gasteiger partial charge in [-0.05, 0) is 6.42 Å². The summed E-state index contributed by atoms with van der Waals surface area (Å²) in [5.74, 6) is 0. The molecule has 0 aliphatic carbocycles. The Labute approximate surface area is 67.9 Å². The zero-order chi connectivity index (χ0) is 8.10. The molecule has 11 heavy (non-hydrogen) atoms. The Bertz CT molecular complexity index is 106.